The molecule has 3 heteroatoms. The van der Waals surface area contributed by atoms with E-state index in [4.69, 9.17) is 5.26 Å². The summed E-state index contributed by atoms with van der Waals surface area (Å²) in [6.07, 6.45) is -0.106. The highest BCUT2D eigenvalue weighted by Gasteiger charge is 2.08. The number of benzene rings is 1. The lowest BCUT2D eigenvalue weighted by Gasteiger charge is -1.99. The maximum absolute atomic E-state index is 11.6. The standard InChI is InChI=1S/C13H12N2O/c1-15-10-4-6-11-5-2-3-7-12(11)13(16)8-9-14/h2-3,5,7,15H,8,10H2,1H3. The Balaban J connectivity index is 2.98. The molecule has 0 aromatic heterocycles. The molecule has 80 valence electrons. The van der Waals surface area contributed by atoms with Crippen molar-refractivity contribution in [3.63, 3.8) is 0 Å². The molecule has 0 heterocycles. The second-order valence-corrected chi connectivity index (χ2v) is 3.14. The van der Waals surface area contributed by atoms with Crippen LogP contribution in [0.4, 0.5) is 0 Å². The lowest BCUT2D eigenvalue weighted by atomic mass is 10.0. The maximum Gasteiger partial charge on any atom is 0.178 e. The number of nitrogens with zero attached hydrogens (tertiary/aromatic N) is 1. The molecule has 3 nitrogen and oxygen atoms in total. The third-order valence-electron chi connectivity index (χ3n) is 1.96. The maximum atomic E-state index is 11.6. The minimum atomic E-state index is -0.183. The van der Waals surface area contributed by atoms with E-state index in [9.17, 15) is 4.79 Å². The molecule has 16 heavy (non-hydrogen) atoms. The topological polar surface area (TPSA) is 52.9 Å². The average molecular weight is 212 g/mol. The first-order chi connectivity index (χ1) is 7.79. The van der Waals surface area contributed by atoms with Gasteiger partial charge in [-0.15, -0.1) is 0 Å². The van der Waals surface area contributed by atoms with Crippen LogP contribution in [0, 0.1) is 23.2 Å². The van der Waals surface area contributed by atoms with Gasteiger partial charge in [-0.3, -0.25) is 4.79 Å². The minimum absolute atomic E-state index is 0.106. The molecule has 0 spiro atoms. The van der Waals surface area contributed by atoms with Gasteiger partial charge in [-0.05, 0) is 13.1 Å². The molecule has 1 rings (SSSR count). The molecule has 0 aliphatic rings. The molecular weight excluding hydrogens is 200 g/mol. The van der Waals surface area contributed by atoms with Crippen molar-refractivity contribution in [2.24, 2.45) is 0 Å². The van der Waals surface area contributed by atoms with Crippen molar-refractivity contribution < 1.29 is 4.79 Å². The van der Waals surface area contributed by atoms with Crippen LogP contribution in [0.25, 0.3) is 0 Å². The van der Waals surface area contributed by atoms with E-state index in [0.29, 0.717) is 17.7 Å². The van der Waals surface area contributed by atoms with E-state index in [2.05, 4.69) is 17.2 Å². The number of hydrogen-bond donors (Lipinski definition) is 1. The normalized spacial score (nSPS) is 8.75. The highest BCUT2D eigenvalue weighted by molar-refractivity contribution is 5.99. The zero-order valence-corrected chi connectivity index (χ0v) is 9.08. The molecule has 0 bridgehead atoms. The van der Waals surface area contributed by atoms with Crippen LogP contribution in [0.5, 0.6) is 0 Å². The Morgan fingerprint density at radius 1 is 1.44 bits per heavy atom. The van der Waals surface area contributed by atoms with Gasteiger partial charge in [0.05, 0.1) is 19.0 Å². The predicted octanol–water partition coefficient (Wildman–Crippen LogP) is 1.35. The second kappa shape index (κ2) is 6.40. The Labute approximate surface area is 95.1 Å². The van der Waals surface area contributed by atoms with Crippen LogP contribution in [0.1, 0.15) is 22.3 Å². The Bertz CT molecular complexity index is 475. The summed E-state index contributed by atoms with van der Waals surface area (Å²) in [7, 11) is 1.81. The molecule has 0 saturated heterocycles. The van der Waals surface area contributed by atoms with E-state index in [1.165, 1.54) is 0 Å². The molecule has 1 aromatic carbocycles. The van der Waals surface area contributed by atoms with Crippen molar-refractivity contribution in [1.29, 1.82) is 5.26 Å². The first-order valence-electron chi connectivity index (χ1n) is 4.92. The number of carbonyl (C=O) groups is 1. The van der Waals surface area contributed by atoms with E-state index in [0.717, 1.165) is 0 Å². The van der Waals surface area contributed by atoms with Gasteiger partial charge in [-0.2, -0.15) is 5.26 Å². The molecule has 0 atom stereocenters. The fourth-order valence-electron chi connectivity index (χ4n) is 1.23. The van der Waals surface area contributed by atoms with E-state index in [1.54, 1.807) is 25.2 Å². The summed E-state index contributed by atoms with van der Waals surface area (Å²) in [6, 6.07) is 8.93. The van der Waals surface area contributed by atoms with Gasteiger partial charge in [0.1, 0.15) is 0 Å². The van der Waals surface area contributed by atoms with Gasteiger partial charge in [0.15, 0.2) is 5.78 Å². The number of ketones is 1. The number of hydrogen-bond acceptors (Lipinski definition) is 3. The number of Topliss-reactive ketones (excluding diaryl/α,β-unsaturated/α-hetero) is 1. The van der Waals surface area contributed by atoms with Crippen molar-refractivity contribution in [3.8, 4) is 17.9 Å². The summed E-state index contributed by atoms with van der Waals surface area (Å²) in [5.41, 5.74) is 1.20. The van der Waals surface area contributed by atoms with Crippen LogP contribution >= 0.6 is 0 Å². The summed E-state index contributed by atoms with van der Waals surface area (Å²) in [5, 5.41) is 11.4. The van der Waals surface area contributed by atoms with Crippen LogP contribution in [-0.2, 0) is 0 Å². The largest absolute Gasteiger partial charge is 0.309 e. The van der Waals surface area contributed by atoms with E-state index in [-0.39, 0.29) is 12.2 Å². The van der Waals surface area contributed by atoms with Crippen molar-refractivity contribution in [2.45, 2.75) is 6.42 Å². The highest BCUT2D eigenvalue weighted by Crippen LogP contribution is 2.09. The molecule has 0 radical (unpaired) electrons. The summed E-state index contributed by atoms with van der Waals surface area (Å²) in [5.74, 6) is 5.62. The fourth-order valence-corrected chi connectivity index (χ4v) is 1.23. The first-order valence-corrected chi connectivity index (χ1v) is 4.92. The summed E-state index contributed by atoms with van der Waals surface area (Å²) in [6.45, 7) is 0.570. The Hall–Kier alpha value is -2.10. The van der Waals surface area contributed by atoms with E-state index in [1.807, 2.05) is 12.1 Å². The third-order valence-corrected chi connectivity index (χ3v) is 1.96. The van der Waals surface area contributed by atoms with Crippen LogP contribution < -0.4 is 5.32 Å². The van der Waals surface area contributed by atoms with Crippen molar-refractivity contribution in [2.75, 3.05) is 13.6 Å². The molecule has 0 saturated carbocycles. The molecule has 0 aliphatic heterocycles. The lowest BCUT2D eigenvalue weighted by molar-refractivity contribution is 0.0997. The first kappa shape index (κ1) is 12.0. The highest BCUT2D eigenvalue weighted by atomic mass is 16.1. The molecule has 0 aliphatic carbocycles. The second-order valence-electron chi connectivity index (χ2n) is 3.14. The molecular formula is C13H12N2O. The van der Waals surface area contributed by atoms with E-state index >= 15 is 0 Å². The van der Waals surface area contributed by atoms with Gasteiger partial charge in [0, 0.05) is 11.1 Å². The smallest absolute Gasteiger partial charge is 0.178 e. The minimum Gasteiger partial charge on any atom is -0.309 e. The van der Waals surface area contributed by atoms with Crippen molar-refractivity contribution in [3.05, 3.63) is 35.4 Å². The quantitative estimate of drug-likeness (QED) is 0.608. The average Bonchev–Trinajstić information content (AvgIpc) is 2.30. The summed E-state index contributed by atoms with van der Waals surface area (Å²) in [4.78, 5) is 11.6. The number of carbonyl (C=O) groups excluding carboxylic acids is 1. The molecule has 0 amide bonds. The summed E-state index contributed by atoms with van der Waals surface area (Å²) >= 11 is 0. The van der Waals surface area contributed by atoms with Crippen molar-refractivity contribution >= 4 is 5.78 Å². The summed E-state index contributed by atoms with van der Waals surface area (Å²) < 4.78 is 0. The SMILES string of the molecule is CNCC#Cc1ccccc1C(=O)CC#N. The van der Waals surface area contributed by atoms with Gasteiger partial charge in [-0.1, -0.05) is 30.0 Å². The monoisotopic (exact) mass is 212 g/mol. The zero-order chi connectivity index (χ0) is 11.8. The van der Waals surface area contributed by atoms with Gasteiger partial charge >= 0.3 is 0 Å². The van der Waals surface area contributed by atoms with Crippen LogP contribution in [-0.4, -0.2) is 19.4 Å². The van der Waals surface area contributed by atoms with Crippen LogP contribution in [0.2, 0.25) is 0 Å². The van der Waals surface area contributed by atoms with Crippen LogP contribution in [0.3, 0.4) is 0 Å². The lowest BCUT2D eigenvalue weighted by Crippen LogP contribution is -2.05. The molecule has 0 unspecified atom stereocenters. The Kier molecular flexibility index (Phi) is 4.79. The molecule has 1 aromatic rings. The van der Waals surface area contributed by atoms with Crippen molar-refractivity contribution in [1.82, 2.24) is 5.32 Å². The van der Waals surface area contributed by atoms with Gasteiger partial charge < -0.3 is 5.32 Å². The fraction of sp³-hybridized carbons (Fsp3) is 0.231. The number of nitriles is 1. The molecule has 1 N–H and O–H groups in total. The number of rotatable bonds is 3. The van der Waals surface area contributed by atoms with Gasteiger partial charge in [0.25, 0.3) is 0 Å². The van der Waals surface area contributed by atoms with Gasteiger partial charge in [0.2, 0.25) is 0 Å². The number of nitrogens with one attached hydrogen (secondary N) is 1. The van der Waals surface area contributed by atoms with Gasteiger partial charge in [-0.25, -0.2) is 0 Å². The zero-order valence-electron chi connectivity index (χ0n) is 9.08. The molecule has 0 fully saturated rings. The Morgan fingerprint density at radius 3 is 2.88 bits per heavy atom. The Morgan fingerprint density at radius 2 is 2.19 bits per heavy atom. The predicted molar refractivity (Wildman–Crippen MR) is 61.8 cm³/mol. The van der Waals surface area contributed by atoms with E-state index < -0.39 is 0 Å². The van der Waals surface area contributed by atoms with Crippen LogP contribution in [0.15, 0.2) is 24.3 Å². The third kappa shape index (κ3) is 3.24.